The molecule has 1 nitrogen and oxygen atoms in total. The summed E-state index contributed by atoms with van der Waals surface area (Å²) in [6, 6.07) is 4.90. The van der Waals surface area contributed by atoms with Crippen LogP contribution in [0.4, 0.5) is 0 Å². The zero-order valence-corrected chi connectivity index (χ0v) is 15.1. The Morgan fingerprint density at radius 2 is 1.82 bits per heavy atom. The summed E-state index contributed by atoms with van der Waals surface area (Å²) in [5.74, 6) is 0. The predicted molar refractivity (Wildman–Crippen MR) is 94.9 cm³/mol. The average Bonchev–Trinajstić information content (AvgIpc) is 2.92. The van der Waals surface area contributed by atoms with Gasteiger partial charge in [-0.2, -0.15) is 0 Å². The maximum atomic E-state index is 4.91. The van der Waals surface area contributed by atoms with Gasteiger partial charge in [0, 0.05) is 11.8 Å². The Morgan fingerprint density at radius 3 is 2.41 bits per heavy atom. The van der Waals surface area contributed by atoms with Crippen molar-refractivity contribution in [2.45, 2.75) is 84.0 Å². The van der Waals surface area contributed by atoms with Gasteiger partial charge >= 0.3 is 0 Å². The molecule has 0 radical (unpaired) electrons. The van der Waals surface area contributed by atoms with Crippen LogP contribution in [0.2, 0.25) is 0 Å². The van der Waals surface area contributed by atoms with Crippen molar-refractivity contribution >= 4 is 5.57 Å². The van der Waals surface area contributed by atoms with Crippen LogP contribution in [0.15, 0.2) is 17.1 Å². The van der Waals surface area contributed by atoms with E-state index in [1.807, 2.05) is 0 Å². The second-order valence-corrected chi connectivity index (χ2v) is 8.52. The molecule has 120 valence electrons. The Labute approximate surface area is 135 Å². The van der Waals surface area contributed by atoms with Gasteiger partial charge < -0.3 is 0 Å². The normalized spacial score (nSPS) is 20.7. The van der Waals surface area contributed by atoms with Crippen LogP contribution >= 0.6 is 0 Å². The first-order valence-electron chi connectivity index (χ1n) is 9.07. The summed E-state index contributed by atoms with van der Waals surface area (Å²) in [7, 11) is 0. The van der Waals surface area contributed by atoms with Gasteiger partial charge in [0.25, 0.3) is 0 Å². The maximum Gasteiger partial charge on any atom is 0.0652 e. The predicted octanol–water partition coefficient (Wildman–Crippen LogP) is 4.40. The molecule has 1 aliphatic carbocycles. The molecule has 1 heterocycles. The lowest BCUT2D eigenvalue weighted by atomic mass is 9.75. The highest BCUT2D eigenvalue weighted by atomic mass is 14.7. The molecule has 0 unspecified atom stereocenters. The Bertz CT molecular complexity index is 682. The van der Waals surface area contributed by atoms with Gasteiger partial charge in [-0.15, -0.1) is 0 Å². The smallest absolute Gasteiger partial charge is 0.0652 e. The van der Waals surface area contributed by atoms with Gasteiger partial charge in [0.15, 0.2) is 0 Å². The van der Waals surface area contributed by atoms with E-state index in [0.29, 0.717) is 5.41 Å². The Balaban J connectivity index is 2.36. The van der Waals surface area contributed by atoms with Crippen LogP contribution in [0.1, 0.15) is 84.3 Å². The summed E-state index contributed by atoms with van der Waals surface area (Å²) in [4.78, 5) is 4.91. The van der Waals surface area contributed by atoms with Crippen molar-refractivity contribution in [3.05, 3.63) is 33.8 Å². The van der Waals surface area contributed by atoms with Crippen molar-refractivity contribution in [1.29, 1.82) is 0 Å². The van der Waals surface area contributed by atoms with E-state index < -0.39 is 0 Å². The van der Waals surface area contributed by atoms with E-state index in [1.54, 1.807) is 11.1 Å². The van der Waals surface area contributed by atoms with E-state index in [-0.39, 0.29) is 5.41 Å². The van der Waals surface area contributed by atoms with E-state index in [2.05, 4.69) is 46.8 Å². The molecule has 22 heavy (non-hydrogen) atoms. The van der Waals surface area contributed by atoms with Crippen LogP contribution in [0.5, 0.6) is 0 Å². The Hall–Kier alpha value is -1.11. The molecule has 0 amide bonds. The lowest BCUT2D eigenvalue weighted by Crippen LogP contribution is -2.41. The lowest BCUT2D eigenvalue weighted by molar-refractivity contribution is 0.483. The minimum atomic E-state index is 0.193. The van der Waals surface area contributed by atoms with Crippen molar-refractivity contribution in [2.24, 2.45) is 4.99 Å². The molecule has 0 spiro atoms. The molecule has 1 fully saturated rings. The molecule has 2 aliphatic rings. The summed E-state index contributed by atoms with van der Waals surface area (Å²) in [6.45, 7) is 12.7. The third kappa shape index (κ3) is 2.64. The van der Waals surface area contributed by atoms with Crippen LogP contribution in [0.3, 0.4) is 0 Å². The molecule has 1 aliphatic heterocycles. The van der Waals surface area contributed by atoms with Gasteiger partial charge in [-0.3, -0.25) is 4.99 Å². The van der Waals surface area contributed by atoms with Crippen molar-refractivity contribution in [3.63, 3.8) is 0 Å². The molecule has 0 atom stereocenters. The molecule has 1 aromatic rings. The van der Waals surface area contributed by atoms with Crippen LogP contribution in [-0.2, 0) is 10.8 Å². The van der Waals surface area contributed by atoms with Gasteiger partial charge in [-0.1, -0.05) is 59.1 Å². The van der Waals surface area contributed by atoms with Crippen LogP contribution in [0, 0.1) is 0 Å². The number of benzene rings is 1. The Kier molecular flexibility index (Phi) is 3.95. The minimum absolute atomic E-state index is 0.193. The number of nitrogens with zero attached hydrogens (tertiary/aromatic N) is 1. The third-order valence-corrected chi connectivity index (χ3v) is 5.82. The molecular formula is C21H31N. The first kappa shape index (κ1) is 15.8. The monoisotopic (exact) mass is 297 g/mol. The van der Waals surface area contributed by atoms with Crippen molar-refractivity contribution in [2.75, 3.05) is 6.54 Å². The largest absolute Gasteiger partial charge is 0.284 e. The minimum Gasteiger partial charge on any atom is -0.284 e. The van der Waals surface area contributed by atoms with Crippen molar-refractivity contribution < 1.29 is 0 Å². The average molecular weight is 297 g/mol. The topological polar surface area (TPSA) is 12.4 Å². The fraction of sp³-hybridized carbons (Fsp3) is 0.667. The molecule has 1 aromatic carbocycles. The summed E-state index contributed by atoms with van der Waals surface area (Å²) in [5.41, 5.74) is 5.24. The number of rotatable bonds is 2. The van der Waals surface area contributed by atoms with E-state index in [1.165, 1.54) is 48.2 Å². The van der Waals surface area contributed by atoms with Crippen molar-refractivity contribution in [3.8, 4) is 0 Å². The molecule has 0 N–H and O–H groups in total. The van der Waals surface area contributed by atoms with Crippen LogP contribution in [0.25, 0.3) is 5.57 Å². The molecule has 1 heteroatoms. The fourth-order valence-electron chi connectivity index (χ4n) is 4.25. The van der Waals surface area contributed by atoms with E-state index >= 15 is 0 Å². The summed E-state index contributed by atoms with van der Waals surface area (Å²) < 4.78 is 0. The van der Waals surface area contributed by atoms with Crippen molar-refractivity contribution in [1.82, 2.24) is 0 Å². The second kappa shape index (κ2) is 5.51. The van der Waals surface area contributed by atoms with Gasteiger partial charge in [0.05, 0.1) is 5.36 Å². The SMILES string of the molecule is CCC1=c2c(C3(C)CCCC3)cc(C(C)(C)C)cc2=NCC1. The van der Waals surface area contributed by atoms with Gasteiger partial charge in [0.2, 0.25) is 0 Å². The molecule has 0 aromatic heterocycles. The van der Waals surface area contributed by atoms with Gasteiger partial charge in [-0.25, -0.2) is 0 Å². The zero-order valence-electron chi connectivity index (χ0n) is 15.1. The molecule has 3 rings (SSSR count). The number of hydrogen-bond acceptors (Lipinski definition) is 1. The van der Waals surface area contributed by atoms with Gasteiger partial charge in [-0.05, 0) is 53.7 Å². The summed E-state index contributed by atoms with van der Waals surface area (Å²) in [6.07, 6.45) is 7.75. The van der Waals surface area contributed by atoms with Crippen LogP contribution < -0.4 is 10.6 Å². The molecule has 1 saturated carbocycles. The molecular weight excluding hydrogens is 266 g/mol. The standard InChI is InChI=1S/C21H31N/c1-6-15-9-12-22-18-14-16(20(2,3)4)13-17(19(15)18)21(5)10-7-8-11-21/h13-14H,6-12H2,1-5H3. The number of fused-ring (bicyclic) bond motifs is 1. The quantitative estimate of drug-likeness (QED) is 0.767. The van der Waals surface area contributed by atoms with Gasteiger partial charge in [0.1, 0.15) is 0 Å². The van der Waals surface area contributed by atoms with Crippen LogP contribution in [-0.4, -0.2) is 6.54 Å². The second-order valence-electron chi connectivity index (χ2n) is 8.52. The fourth-order valence-corrected chi connectivity index (χ4v) is 4.25. The summed E-state index contributed by atoms with van der Waals surface area (Å²) >= 11 is 0. The summed E-state index contributed by atoms with van der Waals surface area (Å²) in [5, 5.41) is 2.80. The molecule has 0 saturated heterocycles. The lowest BCUT2D eigenvalue weighted by Gasteiger charge is -2.30. The zero-order chi connectivity index (χ0) is 16.0. The third-order valence-electron chi connectivity index (χ3n) is 5.82. The van der Waals surface area contributed by atoms with E-state index in [9.17, 15) is 0 Å². The maximum absolute atomic E-state index is 4.91. The number of hydrogen-bond donors (Lipinski definition) is 0. The van der Waals surface area contributed by atoms with E-state index in [0.717, 1.165) is 13.0 Å². The highest BCUT2D eigenvalue weighted by Gasteiger charge is 2.33. The highest BCUT2D eigenvalue weighted by Crippen LogP contribution is 2.40. The highest BCUT2D eigenvalue weighted by molar-refractivity contribution is 5.51. The first-order chi connectivity index (χ1) is 10.3. The van der Waals surface area contributed by atoms with E-state index in [4.69, 9.17) is 4.99 Å². The Morgan fingerprint density at radius 1 is 1.14 bits per heavy atom. The molecule has 0 bridgehead atoms. The first-order valence-corrected chi connectivity index (χ1v) is 9.07.